The second-order valence-corrected chi connectivity index (χ2v) is 11.9. The largest absolute Gasteiger partial charge is 0.496 e. The molecule has 2 heterocycles. The summed E-state index contributed by atoms with van der Waals surface area (Å²) in [6.45, 7) is 2.12. The van der Waals surface area contributed by atoms with Gasteiger partial charge < -0.3 is 4.74 Å². The molecule has 1 N–H and O–H groups in total. The molecule has 0 bridgehead atoms. The molecular weight excluding hydrogens is 456 g/mol. The van der Waals surface area contributed by atoms with Crippen LogP contribution in [0.15, 0.2) is 63.0 Å². The van der Waals surface area contributed by atoms with Crippen LogP contribution in [-0.4, -0.2) is 30.5 Å². The summed E-state index contributed by atoms with van der Waals surface area (Å²) in [6.07, 6.45) is 1.43. The maximum Gasteiger partial charge on any atom is 0.273 e. The van der Waals surface area contributed by atoms with Crippen molar-refractivity contribution in [1.82, 2.24) is 0 Å². The summed E-state index contributed by atoms with van der Waals surface area (Å²) < 4.78 is 61.4. The predicted molar refractivity (Wildman–Crippen MR) is 122 cm³/mol. The van der Waals surface area contributed by atoms with Crippen LogP contribution in [-0.2, 0) is 26.5 Å². The number of benzene rings is 2. The van der Waals surface area contributed by atoms with Crippen molar-refractivity contribution in [1.29, 1.82) is 0 Å². The first kappa shape index (κ1) is 21.7. The molecule has 164 valence electrons. The Kier molecular flexibility index (Phi) is 5.71. The van der Waals surface area contributed by atoms with E-state index in [-0.39, 0.29) is 9.10 Å². The van der Waals surface area contributed by atoms with Gasteiger partial charge in [0.1, 0.15) is 9.96 Å². The Morgan fingerprint density at radius 3 is 2.55 bits per heavy atom. The first-order valence-electron chi connectivity index (χ1n) is 9.59. The maximum atomic E-state index is 13.1. The molecule has 0 spiro atoms. The van der Waals surface area contributed by atoms with Crippen molar-refractivity contribution in [3.8, 4) is 5.75 Å². The molecule has 0 aliphatic carbocycles. The van der Waals surface area contributed by atoms with Crippen LogP contribution in [0.3, 0.4) is 0 Å². The van der Waals surface area contributed by atoms with E-state index in [1.165, 1.54) is 23.5 Å². The number of anilines is 2. The van der Waals surface area contributed by atoms with Gasteiger partial charge in [0, 0.05) is 6.54 Å². The number of nitrogens with zero attached hydrogens (tertiary/aromatic N) is 1. The van der Waals surface area contributed by atoms with Crippen molar-refractivity contribution in [2.24, 2.45) is 0 Å². The van der Waals surface area contributed by atoms with Crippen LogP contribution in [0, 0.1) is 6.92 Å². The number of ether oxygens (including phenoxy) is 1. The number of fused-ring (bicyclic) bond motifs is 1. The lowest BCUT2D eigenvalue weighted by Gasteiger charge is -2.30. The highest BCUT2D eigenvalue weighted by molar-refractivity contribution is 7.94. The zero-order chi connectivity index (χ0) is 22.2. The Morgan fingerprint density at radius 2 is 1.87 bits per heavy atom. The topological polar surface area (TPSA) is 92.8 Å². The third-order valence-corrected chi connectivity index (χ3v) is 9.69. The fraction of sp³-hybridized carbons (Fsp3) is 0.238. The normalized spacial score (nSPS) is 14.2. The van der Waals surface area contributed by atoms with E-state index in [2.05, 4.69) is 4.72 Å². The molecule has 0 saturated heterocycles. The van der Waals surface area contributed by atoms with E-state index >= 15 is 0 Å². The van der Waals surface area contributed by atoms with Crippen LogP contribution in [0.5, 0.6) is 5.75 Å². The standard InChI is InChI=1S/C21H22N2O5S3/c1-15-13-18(9-10-20(15)28-2)30(24,25)22-17-8-7-16-5-3-11-23(19(16)14-17)31(26,27)21-6-4-12-29-21/h4,6-10,12-14,22H,3,5,11H2,1-2H3. The van der Waals surface area contributed by atoms with Gasteiger partial charge in [-0.1, -0.05) is 12.1 Å². The van der Waals surface area contributed by atoms with E-state index in [4.69, 9.17) is 4.74 Å². The van der Waals surface area contributed by atoms with Gasteiger partial charge in [0.15, 0.2) is 0 Å². The van der Waals surface area contributed by atoms with Crippen LogP contribution in [0.25, 0.3) is 0 Å². The lowest BCUT2D eigenvalue weighted by atomic mass is 10.0. The van der Waals surface area contributed by atoms with E-state index in [1.807, 2.05) is 0 Å². The number of hydrogen-bond donors (Lipinski definition) is 1. The summed E-state index contributed by atoms with van der Waals surface area (Å²) in [5.74, 6) is 0.599. The summed E-state index contributed by atoms with van der Waals surface area (Å²) in [4.78, 5) is 0.103. The molecule has 3 aromatic rings. The lowest BCUT2D eigenvalue weighted by molar-refractivity contribution is 0.411. The van der Waals surface area contributed by atoms with Crippen LogP contribution >= 0.6 is 11.3 Å². The van der Waals surface area contributed by atoms with Gasteiger partial charge in [-0.3, -0.25) is 9.03 Å². The summed E-state index contributed by atoms with van der Waals surface area (Å²) in [6, 6.07) is 12.9. The molecule has 10 heteroatoms. The second kappa shape index (κ2) is 8.18. The van der Waals surface area contributed by atoms with Crippen molar-refractivity contribution in [2.75, 3.05) is 22.7 Å². The van der Waals surface area contributed by atoms with E-state index in [0.717, 1.165) is 23.3 Å². The lowest BCUT2D eigenvalue weighted by Crippen LogP contribution is -2.35. The average molecular weight is 479 g/mol. The number of thiophene rings is 1. The number of rotatable bonds is 6. The average Bonchev–Trinajstić information content (AvgIpc) is 3.29. The molecular formula is C21H22N2O5S3. The molecule has 0 unspecified atom stereocenters. The first-order valence-corrected chi connectivity index (χ1v) is 13.4. The highest BCUT2D eigenvalue weighted by atomic mass is 32.2. The highest BCUT2D eigenvalue weighted by Gasteiger charge is 2.30. The first-order chi connectivity index (χ1) is 14.7. The van der Waals surface area contributed by atoms with Gasteiger partial charge in [-0.15, -0.1) is 11.3 Å². The third kappa shape index (κ3) is 4.15. The van der Waals surface area contributed by atoms with Crippen LogP contribution < -0.4 is 13.8 Å². The van der Waals surface area contributed by atoms with Gasteiger partial charge in [0.2, 0.25) is 0 Å². The minimum atomic E-state index is -3.85. The zero-order valence-corrected chi connectivity index (χ0v) is 19.5. The molecule has 1 aliphatic heterocycles. The highest BCUT2D eigenvalue weighted by Crippen LogP contribution is 2.35. The predicted octanol–water partition coefficient (Wildman–Crippen LogP) is 4.01. The van der Waals surface area contributed by atoms with Crippen LogP contribution in [0.4, 0.5) is 11.4 Å². The van der Waals surface area contributed by atoms with Crippen molar-refractivity contribution < 1.29 is 21.6 Å². The number of methoxy groups -OCH3 is 1. The molecule has 4 rings (SSSR count). The Balaban J connectivity index is 1.68. The zero-order valence-electron chi connectivity index (χ0n) is 17.0. The minimum Gasteiger partial charge on any atom is -0.496 e. The summed E-state index contributed by atoms with van der Waals surface area (Å²) in [5.41, 5.74) is 2.38. The number of sulfonamides is 2. The van der Waals surface area contributed by atoms with Crippen molar-refractivity contribution in [3.05, 3.63) is 65.0 Å². The van der Waals surface area contributed by atoms with E-state index in [0.29, 0.717) is 35.7 Å². The van der Waals surface area contributed by atoms with Gasteiger partial charge in [-0.25, -0.2) is 16.8 Å². The van der Waals surface area contributed by atoms with Crippen LogP contribution in [0.2, 0.25) is 0 Å². The fourth-order valence-corrected chi connectivity index (χ4v) is 7.38. The molecule has 0 radical (unpaired) electrons. The molecule has 0 saturated carbocycles. The SMILES string of the molecule is COc1ccc(S(=O)(=O)Nc2ccc3c(c2)N(S(=O)(=O)c2cccs2)CCC3)cc1C. The summed E-state index contributed by atoms with van der Waals surface area (Å²) in [5, 5.41) is 1.72. The second-order valence-electron chi connectivity index (χ2n) is 7.19. The molecule has 0 atom stereocenters. The molecule has 7 nitrogen and oxygen atoms in total. The number of nitrogens with one attached hydrogen (secondary N) is 1. The van der Waals surface area contributed by atoms with Crippen molar-refractivity contribution in [3.63, 3.8) is 0 Å². The number of aryl methyl sites for hydroxylation is 2. The molecule has 2 aromatic carbocycles. The van der Waals surface area contributed by atoms with E-state index in [9.17, 15) is 16.8 Å². The quantitative estimate of drug-likeness (QED) is 0.578. The van der Waals surface area contributed by atoms with Crippen molar-refractivity contribution in [2.45, 2.75) is 28.9 Å². The van der Waals surface area contributed by atoms with Gasteiger partial charge >= 0.3 is 0 Å². The minimum absolute atomic E-state index is 0.103. The Bertz CT molecular complexity index is 1320. The van der Waals surface area contributed by atoms with Crippen LogP contribution in [0.1, 0.15) is 17.5 Å². The van der Waals surface area contributed by atoms with E-state index in [1.54, 1.807) is 48.7 Å². The van der Waals surface area contributed by atoms with Gasteiger partial charge in [-0.2, -0.15) is 0 Å². The monoisotopic (exact) mass is 478 g/mol. The third-order valence-electron chi connectivity index (χ3n) is 5.13. The number of hydrogen-bond acceptors (Lipinski definition) is 6. The van der Waals surface area contributed by atoms with Crippen molar-refractivity contribution >= 4 is 42.8 Å². The Hall–Kier alpha value is -2.56. The maximum absolute atomic E-state index is 13.1. The van der Waals surface area contributed by atoms with Gasteiger partial charge in [0.25, 0.3) is 20.0 Å². The molecule has 0 amide bonds. The fourth-order valence-electron chi connectivity index (χ4n) is 3.61. The van der Waals surface area contributed by atoms with Gasteiger partial charge in [-0.05, 0) is 72.7 Å². The summed E-state index contributed by atoms with van der Waals surface area (Å²) >= 11 is 1.16. The summed E-state index contributed by atoms with van der Waals surface area (Å²) in [7, 11) is -6.03. The van der Waals surface area contributed by atoms with Gasteiger partial charge in [0.05, 0.1) is 23.4 Å². The molecule has 0 fully saturated rings. The molecule has 1 aromatic heterocycles. The molecule has 1 aliphatic rings. The van der Waals surface area contributed by atoms with E-state index < -0.39 is 20.0 Å². The molecule has 31 heavy (non-hydrogen) atoms. The Morgan fingerprint density at radius 1 is 1.06 bits per heavy atom. The smallest absolute Gasteiger partial charge is 0.273 e. The Labute approximate surface area is 186 Å².